The molecule has 3 rings (SSSR count). The van der Waals surface area contributed by atoms with Gasteiger partial charge in [-0.3, -0.25) is 4.79 Å². The molecule has 1 N–H and O–H groups in total. The summed E-state index contributed by atoms with van der Waals surface area (Å²) in [5.74, 6) is -0.577. The summed E-state index contributed by atoms with van der Waals surface area (Å²) in [5, 5.41) is 11.6. The van der Waals surface area contributed by atoms with E-state index in [-0.39, 0.29) is 23.8 Å². The highest BCUT2D eigenvalue weighted by atomic mass is 28.4. The second-order valence-electron chi connectivity index (χ2n) is 9.60. The fourth-order valence-electron chi connectivity index (χ4n) is 4.50. The Balaban J connectivity index is 1.79. The van der Waals surface area contributed by atoms with Gasteiger partial charge in [0.2, 0.25) is 0 Å². The van der Waals surface area contributed by atoms with Gasteiger partial charge in [-0.1, -0.05) is 87.5 Å². The molecule has 3 atom stereocenters. The van der Waals surface area contributed by atoms with Crippen molar-refractivity contribution in [3.63, 3.8) is 0 Å². The first kappa shape index (κ1) is 26.8. The molecule has 7 nitrogen and oxygen atoms in total. The van der Waals surface area contributed by atoms with Crippen molar-refractivity contribution in [3.8, 4) is 0 Å². The molecular formula is C27H35NO6Si. The van der Waals surface area contributed by atoms with E-state index in [0.29, 0.717) is 6.42 Å². The Hall–Kier alpha value is -2.78. The van der Waals surface area contributed by atoms with Gasteiger partial charge in [-0.15, -0.1) is 0 Å². The number of amides is 2. The smallest absolute Gasteiger partial charge is 0.417 e. The minimum absolute atomic E-state index is 0.0860. The van der Waals surface area contributed by atoms with Crippen LogP contribution in [0.4, 0.5) is 4.79 Å². The monoisotopic (exact) mass is 497 g/mol. The zero-order chi connectivity index (χ0) is 25.6. The predicted molar refractivity (Wildman–Crippen MR) is 136 cm³/mol. The molecule has 1 heterocycles. The average Bonchev–Trinajstić information content (AvgIpc) is 3.20. The van der Waals surface area contributed by atoms with E-state index < -0.39 is 32.7 Å². The van der Waals surface area contributed by atoms with Gasteiger partial charge in [0, 0.05) is 17.7 Å². The molecule has 0 bridgehead atoms. The van der Waals surface area contributed by atoms with Crippen LogP contribution in [0.25, 0.3) is 0 Å². The summed E-state index contributed by atoms with van der Waals surface area (Å²) < 4.78 is 17.6. The summed E-state index contributed by atoms with van der Waals surface area (Å²) in [6.07, 6.45) is 0.0472. The first-order chi connectivity index (χ1) is 16.6. The highest BCUT2D eigenvalue weighted by molar-refractivity contribution is 6.83. The van der Waals surface area contributed by atoms with Crippen molar-refractivity contribution in [2.24, 2.45) is 0 Å². The lowest BCUT2D eigenvalue weighted by molar-refractivity contribution is -0.126. The van der Waals surface area contributed by atoms with Crippen LogP contribution in [0.1, 0.15) is 33.3 Å². The fourth-order valence-corrected chi connectivity index (χ4v) is 7.96. The van der Waals surface area contributed by atoms with Gasteiger partial charge in [0.25, 0.3) is 5.91 Å². The number of cyclic esters (lactones) is 1. The van der Waals surface area contributed by atoms with Crippen LogP contribution in [-0.2, 0) is 24.8 Å². The van der Waals surface area contributed by atoms with E-state index in [0.717, 1.165) is 15.7 Å². The van der Waals surface area contributed by atoms with Gasteiger partial charge in [-0.2, -0.15) is 0 Å². The Bertz CT molecular complexity index is 1040. The number of carbonyl (C=O) groups excluding carboxylic acids is 2. The van der Waals surface area contributed by atoms with Crippen molar-refractivity contribution in [1.82, 2.24) is 4.90 Å². The van der Waals surface area contributed by atoms with E-state index in [9.17, 15) is 14.7 Å². The van der Waals surface area contributed by atoms with Gasteiger partial charge >= 0.3 is 14.7 Å². The summed E-state index contributed by atoms with van der Waals surface area (Å²) in [4.78, 5) is 27.0. The number of nitrogens with zero attached hydrogens (tertiary/aromatic N) is 1. The maximum atomic E-state index is 13.4. The highest BCUT2D eigenvalue weighted by Gasteiger charge is 2.51. The number of aliphatic hydroxyl groups excluding tert-OH is 1. The van der Waals surface area contributed by atoms with E-state index in [1.165, 1.54) is 6.08 Å². The lowest BCUT2D eigenvalue weighted by Gasteiger charge is -2.40. The lowest BCUT2D eigenvalue weighted by Crippen LogP contribution is -2.60. The molecule has 0 aliphatic carbocycles. The van der Waals surface area contributed by atoms with Crippen molar-refractivity contribution in [1.29, 1.82) is 0 Å². The molecule has 0 saturated carbocycles. The lowest BCUT2D eigenvalue weighted by atomic mass is 10.0. The second-order valence-corrected chi connectivity index (χ2v) is 13.6. The highest BCUT2D eigenvalue weighted by Crippen LogP contribution is 2.37. The molecule has 0 aromatic heterocycles. The Morgan fingerprint density at radius 2 is 1.77 bits per heavy atom. The quantitative estimate of drug-likeness (QED) is 0.420. The summed E-state index contributed by atoms with van der Waals surface area (Å²) in [6, 6.07) is 18.9. The molecule has 0 radical (unpaired) electrons. The molecule has 1 saturated heterocycles. The first-order valence-corrected chi connectivity index (χ1v) is 13.6. The normalized spacial score (nSPS) is 19.3. The van der Waals surface area contributed by atoms with Crippen molar-refractivity contribution in [3.05, 3.63) is 77.9 Å². The van der Waals surface area contributed by atoms with E-state index in [1.807, 2.05) is 81.4 Å². The molecule has 2 aromatic carbocycles. The standard InChI is InChI=1S/C27H35NO6Si/c1-6-23(25(30)28-21(18-33-26(28)31)17-20-13-9-7-10-14-20)24(29)19-34-35(32-5,27(2,3)4)22-15-11-8-12-16-22/h6-16,21,24,29H,17-19H2,1-5H3/t21-,24+,35?/m1/s1. The number of carbonyl (C=O) groups is 2. The Morgan fingerprint density at radius 3 is 2.31 bits per heavy atom. The Labute approximate surface area is 208 Å². The van der Waals surface area contributed by atoms with Crippen LogP contribution < -0.4 is 5.19 Å². The van der Waals surface area contributed by atoms with Crippen LogP contribution in [0.3, 0.4) is 0 Å². The summed E-state index contributed by atoms with van der Waals surface area (Å²) >= 11 is 0. The van der Waals surface area contributed by atoms with Crippen molar-refractivity contribution in [2.75, 3.05) is 20.3 Å². The van der Waals surface area contributed by atoms with Crippen LogP contribution in [0.2, 0.25) is 5.04 Å². The third kappa shape index (κ3) is 5.73. The maximum absolute atomic E-state index is 13.4. The topological polar surface area (TPSA) is 85.3 Å². The third-order valence-electron chi connectivity index (χ3n) is 6.28. The predicted octanol–water partition coefficient (Wildman–Crippen LogP) is 3.70. The Kier molecular flexibility index (Phi) is 8.66. The number of benzene rings is 2. The second kappa shape index (κ2) is 11.3. The van der Waals surface area contributed by atoms with Gasteiger partial charge in [0.1, 0.15) is 12.7 Å². The van der Waals surface area contributed by atoms with Crippen LogP contribution >= 0.6 is 0 Å². The molecule has 0 spiro atoms. The number of aliphatic hydroxyl groups is 1. The van der Waals surface area contributed by atoms with E-state index in [4.69, 9.17) is 13.6 Å². The number of imide groups is 1. The minimum atomic E-state index is -3.02. The molecule has 2 aromatic rings. The number of rotatable bonds is 9. The van der Waals surface area contributed by atoms with Crippen LogP contribution in [0.5, 0.6) is 0 Å². The molecule has 8 heteroatoms. The zero-order valence-electron chi connectivity index (χ0n) is 21.1. The van der Waals surface area contributed by atoms with Gasteiger partial charge < -0.3 is 18.7 Å². The van der Waals surface area contributed by atoms with Crippen molar-refractivity contribution in [2.45, 2.75) is 51.3 Å². The van der Waals surface area contributed by atoms with Gasteiger partial charge in [0.15, 0.2) is 0 Å². The average molecular weight is 498 g/mol. The third-order valence-corrected chi connectivity index (χ3v) is 10.5. The molecule has 1 aliphatic rings. The van der Waals surface area contributed by atoms with Crippen molar-refractivity contribution < 1.29 is 28.3 Å². The van der Waals surface area contributed by atoms with Gasteiger partial charge in [0.05, 0.1) is 12.6 Å². The van der Waals surface area contributed by atoms with Crippen LogP contribution in [-0.4, -0.2) is 63.0 Å². The van der Waals surface area contributed by atoms with E-state index in [2.05, 4.69) is 0 Å². The molecule has 1 aliphatic heterocycles. The number of hydrogen-bond donors (Lipinski definition) is 1. The van der Waals surface area contributed by atoms with Crippen molar-refractivity contribution >= 4 is 25.7 Å². The molecule has 1 fully saturated rings. The zero-order valence-corrected chi connectivity index (χ0v) is 22.1. The maximum Gasteiger partial charge on any atom is 0.417 e. The molecule has 35 heavy (non-hydrogen) atoms. The first-order valence-electron chi connectivity index (χ1n) is 11.8. The van der Waals surface area contributed by atoms with E-state index >= 15 is 0 Å². The minimum Gasteiger partial charge on any atom is -0.447 e. The SMILES string of the molecule is CC=C(C(=O)N1C(=O)OC[C@H]1Cc1ccccc1)[C@@H](O)CO[Si](OC)(c1ccccc1)C(C)(C)C. The molecule has 188 valence electrons. The number of ether oxygens (including phenoxy) is 1. The van der Waals surface area contributed by atoms with Crippen LogP contribution in [0, 0.1) is 0 Å². The summed E-state index contributed by atoms with van der Waals surface area (Å²) in [5.41, 5.74) is 1.08. The molecule has 2 amide bonds. The molecule has 1 unspecified atom stereocenters. The number of hydrogen-bond acceptors (Lipinski definition) is 6. The van der Waals surface area contributed by atoms with Gasteiger partial charge in [-0.05, 0) is 24.1 Å². The largest absolute Gasteiger partial charge is 0.447 e. The summed E-state index contributed by atoms with van der Waals surface area (Å²) in [6.45, 7) is 7.74. The molecular weight excluding hydrogens is 462 g/mol. The van der Waals surface area contributed by atoms with Crippen LogP contribution in [0.15, 0.2) is 72.3 Å². The van der Waals surface area contributed by atoms with E-state index in [1.54, 1.807) is 14.0 Å². The van der Waals surface area contributed by atoms with Gasteiger partial charge in [-0.25, -0.2) is 9.69 Å². The summed E-state index contributed by atoms with van der Waals surface area (Å²) in [7, 11) is -1.40. The Morgan fingerprint density at radius 1 is 1.17 bits per heavy atom. The fraction of sp³-hybridized carbons (Fsp3) is 0.407. The number of allylic oxidation sites excluding steroid dienone is 1.